The molecule has 7 nitrogen and oxygen atoms in total. The molecule has 4 rings (SSSR count). The molecule has 0 spiro atoms. The smallest absolute Gasteiger partial charge is 0.284 e. The van der Waals surface area contributed by atoms with Crippen LogP contribution in [0.1, 0.15) is 30.0 Å². The summed E-state index contributed by atoms with van der Waals surface area (Å²) in [7, 11) is -0.635. The Bertz CT molecular complexity index is 1320. The van der Waals surface area contributed by atoms with E-state index in [2.05, 4.69) is 14.7 Å². The number of hydrogen-bond donors (Lipinski definition) is 1. The van der Waals surface area contributed by atoms with Crippen molar-refractivity contribution in [3.63, 3.8) is 0 Å². The molecule has 0 bridgehead atoms. The second-order valence-electron chi connectivity index (χ2n) is 8.03. The first-order chi connectivity index (χ1) is 15.2. The van der Waals surface area contributed by atoms with Crippen LogP contribution in [0.2, 0.25) is 5.02 Å². The van der Waals surface area contributed by atoms with Crippen LogP contribution in [-0.4, -0.2) is 44.6 Å². The first kappa shape index (κ1) is 22.2. The zero-order valence-electron chi connectivity index (χ0n) is 17.7. The third-order valence-corrected chi connectivity index (χ3v) is 6.71. The van der Waals surface area contributed by atoms with Crippen LogP contribution in [-0.2, 0) is 21.2 Å². The number of nitrogens with one attached hydrogen (secondary N) is 1. The van der Waals surface area contributed by atoms with E-state index in [9.17, 15) is 13.2 Å². The molecular formula is C23H23ClN4O3S. The molecular weight excluding hydrogens is 448 g/mol. The number of amides is 1. The fourth-order valence-electron chi connectivity index (χ4n) is 3.34. The molecule has 0 atom stereocenters. The van der Waals surface area contributed by atoms with E-state index >= 15 is 0 Å². The topological polar surface area (TPSA) is 91.7 Å². The molecule has 3 aromatic rings. The number of anilines is 1. The first-order valence-corrected chi connectivity index (χ1v) is 12.0. The molecule has 0 unspecified atom stereocenters. The minimum absolute atomic E-state index is 0.00371. The van der Waals surface area contributed by atoms with Crippen LogP contribution in [0.5, 0.6) is 0 Å². The number of hydrogen-bond acceptors (Lipinski definition) is 4. The Kier molecular flexibility index (Phi) is 6.17. The van der Waals surface area contributed by atoms with Gasteiger partial charge >= 0.3 is 0 Å². The van der Waals surface area contributed by atoms with Gasteiger partial charge in [0.1, 0.15) is 11.2 Å². The van der Waals surface area contributed by atoms with E-state index in [4.69, 9.17) is 11.6 Å². The van der Waals surface area contributed by atoms with Crippen molar-refractivity contribution in [1.29, 1.82) is 0 Å². The van der Waals surface area contributed by atoms with Gasteiger partial charge in [-0.25, -0.2) is 0 Å². The van der Waals surface area contributed by atoms with E-state index in [-0.39, 0.29) is 17.2 Å². The first-order valence-electron chi connectivity index (χ1n) is 10.2. The van der Waals surface area contributed by atoms with Crippen LogP contribution in [0.15, 0.2) is 57.8 Å². The van der Waals surface area contributed by atoms with Gasteiger partial charge in [0, 0.05) is 41.8 Å². The molecule has 0 aliphatic heterocycles. The highest BCUT2D eigenvalue weighted by molar-refractivity contribution is 7.90. The molecule has 1 amide bonds. The molecule has 1 aromatic heterocycles. The molecule has 1 aliphatic rings. The number of halogens is 1. The Morgan fingerprint density at radius 1 is 1.22 bits per heavy atom. The minimum Gasteiger partial charge on any atom is -0.368 e. The lowest BCUT2D eigenvalue weighted by molar-refractivity contribution is -0.115. The molecule has 1 aliphatic carbocycles. The minimum atomic E-state index is -4.01. The van der Waals surface area contributed by atoms with Crippen molar-refractivity contribution < 1.29 is 13.2 Å². The average Bonchev–Trinajstić information content (AvgIpc) is 3.58. The number of benzene rings is 2. The maximum atomic E-state index is 13.0. The normalized spacial score (nSPS) is 14.1. The van der Waals surface area contributed by atoms with E-state index in [1.807, 2.05) is 6.07 Å². The molecule has 9 heteroatoms. The van der Waals surface area contributed by atoms with Gasteiger partial charge in [-0.2, -0.15) is 8.42 Å². The lowest BCUT2D eigenvalue weighted by atomic mass is 10.1. The largest absolute Gasteiger partial charge is 0.368 e. The molecule has 1 N–H and O–H groups in total. The van der Waals surface area contributed by atoms with Crippen molar-refractivity contribution in [3.05, 3.63) is 64.8 Å². The van der Waals surface area contributed by atoms with Gasteiger partial charge in [0.25, 0.3) is 10.0 Å². The molecule has 1 fully saturated rings. The number of carbonyl (C=O) groups excluding carboxylic acids is 1. The van der Waals surface area contributed by atoms with Gasteiger partial charge in [-0.15, -0.1) is 4.40 Å². The Balaban J connectivity index is 1.73. The van der Waals surface area contributed by atoms with Gasteiger partial charge < -0.3 is 10.2 Å². The second-order valence-corrected chi connectivity index (χ2v) is 10.0. The average molecular weight is 471 g/mol. The van der Waals surface area contributed by atoms with E-state index in [1.54, 1.807) is 55.4 Å². The van der Waals surface area contributed by atoms with Crippen LogP contribution in [0.3, 0.4) is 0 Å². The van der Waals surface area contributed by atoms with Gasteiger partial charge in [-0.05, 0) is 48.7 Å². The maximum Gasteiger partial charge on any atom is 0.284 e. The van der Waals surface area contributed by atoms with Crippen molar-refractivity contribution in [2.75, 3.05) is 19.4 Å². The third kappa shape index (κ3) is 5.08. The van der Waals surface area contributed by atoms with Crippen LogP contribution >= 0.6 is 11.6 Å². The number of pyridine rings is 1. The summed E-state index contributed by atoms with van der Waals surface area (Å²) in [6.07, 6.45) is 3.44. The summed E-state index contributed by atoms with van der Waals surface area (Å²) in [4.78, 5) is 18.9. The van der Waals surface area contributed by atoms with Crippen LogP contribution in [0, 0.1) is 0 Å². The SMILES string of the molecule is CN(C)C=NS(=O)(=O)c1cc(NC(=O)Cc2ccccc2Cl)cc2nc(C3CC3)ccc12. The van der Waals surface area contributed by atoms with Gasteiger partial charge in [-0.3, -0.25) is 9.78 Å². The number of nitrogens with zero attached hydrogens (tertiary/aromatic N) is 3. The van der Waals surface area contributed by atoms with Crippen molar-refractivity contribution >= 4 is 50.5 Å². The molecule has 0 saturated heterocycles. The fraction of sp³-hybridized carbons (Fsp3) is 0.261. The van der Waals surface area contributed by atoms with E-state index in [1.165, 1.54) is 12.4 Å². The van der Waals surface area contributed by atoms with E-state index in [0.717, 1.165) is 18.5 Å². The van der Waals surface area contributed by atoms with Crippen molar-refractivity contribution in [2.45, 2.75) is 30.1 Å². The summed E-state index contributed by atoms with van der Waals surface area (Å²) >= 11 is 6.16. The van der Waals surface area contributed by atoms with Crippen LogP contribution in [0.25, 0.3) is 10.9 Å². The van der Waals surface area contributed by atoms with Crippen molar-refractivity contribution in [3.8, 4) is 0 Å². The number of sulfonamides is 1. The van der Waals surface area contributed by atoms with Gasteiger partial charge in [0.05, 0.1) is 11.9 Å². The number of aromatic nitrogens is 1. The fourth-order valence-corrected chi connectivity index (χ4v) is 4.70. The zero-order chi connectivity index (χ0) is 22.9. The van der Waals surface area contributed by atoms with Crippen LogP contribution in [0.4, 0.5) is 5.69 Å². The summed E-state index contributed by atoms with van der Waals surface area (Å²) in [6, 6.07) is 13.8. The molecule has 0 radical (unpaired) electrons. The highest BCUT2D eigenvalue weighted by Crippen LogP contribution is 2.40. The predicted molar refractivity (Wildman–Crippen MR) is 127 cm³/mol. The summed E-state index contributed by atoms with van der Waals surface area (Å²) in [5, 5.41) is 3.75. The standard InChI is InChI=1S/C23H23ClN4O3S/c1-28(2)14-25-32(30,31)22-13-17(26-23(29)11-16-5-3-4-6-19(16)24)12-21-18(22)9-10-20(27-21)15-7-8-15/h3-6,9-10,12-15H,7-8,11H2,1-2H3,(H,26,29). The summed E-state index contributed by atoms with van der Waals surface area (Å²) < 4.78 is 29.7. The quantitative estimate of drug-likeness (QED) is 0.412. The third-order valence-electron chi connectivity index (χ3n) is 5.07. The van der Waals surface area contributed by atoms with Crippen LogP contribution < -0.4 is 5.32 Å². The monoisotopic (exact) mass is 470 g/mol. The van der Waals surface area contributed by atoms with Gasteiger partial charge in [0.2, 0.25) is 5.91 Å². The summed E-state index contributed by atoms with van der Waals surface area (Å²) in [5.41, 5.74) is 2.46. The number of fused-ring (bicyclic) bond motifs is 1. The number of carbonyl (C=O) groups is 1. The molecule has 166 valence electrons. The molecule has 1 saturated carbocycles. The highest BCUT2D eigenvalue weighted by atomic mass is 35.5. The van der Waals surface area contributed by atoms with E-state index < -0.39 is 10.0 Å². The van der Waals surface area contributed by atoms with E-state index in [0.29, 0.717) is 33.1 Å². The molecule has 32 heavy (non-hydrogen) atoms. The number of rotatable bonds is 7. The maximum absolute atomic E-state index is 13.0. The van der Waals surface area contributed by atoms with Crippen molar-refractivity contribution in [2.24, 2.45) is 4.40 Å². The Morgan fingerprint density at radius 2 is 1.97 bits per heavy atom. The highest BCUT2D eigenvalue weighted by Gasteiger charge is 2.26. The Labute approximate surface area is 192 Å². The Morgan fingerprint density at radius 3 is 2.66 bits per heavy atom. The molecule has 1 heterocycles. The molecule has 2 aromatic carbocycles. The van der Waals surface area contributed by atoms with Crippen molar-refractivity contribution in [1.82, 2.24) is 9.88 Å². The zero-order valence-corrected chi connectivity index (χ0v) is 19.3. The summed E-state index contributed by atoms with van der Waals surface area (Å²) in [5.74, 6) is 0.0978. The lowest BCUT2D eigenvalue weighted by Gasteiger charge is -2.12. The summed E-state index contributed by atoms with van der Waals surface area (Å²) in [6.45, 7) is 0. The second kappa shape index (κ2) is 8.88. The van der Waals surface area contributed by atoms with Gasteiger partial charge in [-0.1, -0.05) is 29.8 Å². The predicted octanol–water partition coefficient (Wildman–Crippen LogP) is 4.23. The lowest BCUT2D eigenvalue weighted by Crippen LogP contribution is -2.15. The Hall–Kier alpha value is -2.97. The van der Waals surface area contributed by atoms with Gasteiger partial charge in [0.15, 0.2) is 0 Å².